The van der Waals surface area contributed by atoms with Gasteiger partial charge in [0.1, 0.15) is 0 Å². The molecule has 2 aromatic heterocycles. The molecule has 0 unspecified atom stereocenters. The van der Waals surface area contributed by atoms with Crippen LogP contribution in [-0.2, 0) is 0 Å². The van der Waals surface area contributed by atoms with Gasteiger partial charge in [-0.15, -0.1) is 11.3 Å². The van der Waals surface area contributed by atoms with Crippen molar-refractivity contribution in [3.63, 3.8) is 0 Å². The summed E-state index contributed by atoms with van der Waals surface area (Å²) >= 11 is 2.43. The molecule has 6 nitrogen and oxygen atoms in total. The molecule has 0 aliphatic carbocycles. The Morgan fingerprint density at radius 2 is 1.96 bits per heavy atom. The Morgan fingerprint density at radius 1 is 1.22 bits per heavy atom. The molecule has 3 rings (SSSR count). The number of nitrogens with one attached hydrogen (secondary N) is 1. The van der Waals surface area contributed by atoms with Gasteiger partial charge in [0, 0.05) is 22.7 Å². The van der Waals surface area contributed by atoms with E-state index in [0.29, 0.717) is 10.6 Å². The molecule has 1 aromatic carbocycles. The summed E-state index contributed by atoms with van der Waals surface area (Å²) in [5, 5.41) is 16.3. The van der Waals surface area contributed by atoms with Gasteiger partial charge in [-0.1, -0.05) is 23.5 Å². The van der Waals surface area contributed by atoms with Crippen molar-refractivity contribution in [1.82, 2.24) is 4.98 Å². The molecule has 0 aliphatic rings. The number of carbonyl (C=O) groups excluding carboxylic acids is 1. The van der Waals surface area contributed by atoms with Gasteiger partial charge < -0.3 is 5.32 Å². The van der Waals surface area contributed by atoms with Crippen LogP contribution in [-0.4, -0.2) is 15.8 Å². The lowest BCUT2D eigenvalue weighted by atomic mass is 10.1. The number of hydrogen-bond acceptors (Lipinski definition) is 6. The van der Waals surface area contributed by atoms with E-state index >= 15 is 0 Å². The van der Waals surface area contributed by atoms with E-state index < -0.39 is 4.92 Å². The molecule has 0 spiro atoms. The van der Waals surface area contributed by atoms with Gasteiger partial charge in [0.25, 0.3) is 5.91 Å². The largest absolute Gasteiger partial charge is 0.324 e. The van der Waals surface area contributed by atoms with Crippen molar-refractivity contribution >= 4 is 39.3 Å². The van der Waals surface area contributed by atoms with Crippen molar-refractivity contribution in [2.75, 3.05) is 5.32 Å². The number of anilines is 1. The molecule has 0 bridgehead atoms. The number of aromatic nitrogens is 1. The second-order valence-corrected chi connectivity index (χ2v) is 6.80. The van der Waals surface area contributed by atoms with E-state index in [1.165, 1.54) is 12.1 Å². The Hall–Kier alpha value is -2.58. The summed E-state index contributed by atoms with van der Waals surface area (Å²) < 4.78 is 0. The van der Waals surface area contributed by atoms with Crippen molar-refractivity contribution in [2.45, 2.75) is 6.92 Å². The molecule has 2 heterocycles. The minimum Gasteiger partial charge on any atom is -0.321 e. The highest BCUT2D eigenvalue weighted by Crippen LogP contribution is 2.26. The predicted molar refractivity (Wildman–Crippen MR) is 91.2 cm³/mol. The summed E-state index contributed by atoms with van der Waals surface area (Å²) in [5.41, 5.74) is 2.50. The van der Waals surface area contributed by atoms with E-state index in [2.05, 4.69) is 10.3 Å². The van der Waals surface area contributed by atoms with Gasteiger partial charge in [-0.05, 0) is 25.1 Å². The minimum atomic E-state index is -0.508. The molecule has 3 aromatic rings. The fraction of sp³-hybridized carbons (Fsp3) is 0.0667. The van der Waals surface area contributed by atoms with Gasteiger partial charge in [-0.3, -0.25) is 14.9 Å². The maximum Gasteiger partial charge on any atom is 0.324 e. The van der Waals surface area contributed by atoms with Crippen LogP contribution < -0.4 is 5.32 Å². The van der Waals surface area contributed by atoms with Gasteiger partial charge >= 0.3 is 5.00 Å². The topological polar surface area (TPSA) is 85.1 Å². The second kappa shape index (κ2) is 6.27. The van der Waals surface area contributed by atoms with Crippen LogP contribution in [0.15, 0.2) is 41.8 Å². The molecule has 0 saturated carbocycles. The van der Waals surface area contributed by atoms with Crippen LogP contribution in [0.3, 0.4) is 0 Å². The zero-order valence-electron chi connectivity index (χ0n) is 12.0. The zero-order valence-corrected chi connectivity index (χ0v) is 13.6. The smallest absolute Gasteiger partial charge is 0.321 e. The normalized spacial score (nSPS) is 10.5. The first-order valence-corrected chi connectivity index (χ1v) is 8.31. The molecule has 23 heavy (non-hydrogen) atoms. The van der Waals surface area contributed by atoms with E-state index in [9.17, 15) is 14.9 Å². The first kappa shape index (κ1) is 15.3. The third kappa shape index (κ3) is 3.43. The van der Waals surface area contributed by atoms with E-state index in [1.54, 1.807) is 23.5 Å². The number of benzene rings is 1. The summed E-state index contributed by atoms with van der Waals surface area (Å²) in [5.74, 6) is -0.361. The maximum atomic E-state index is 12.1. The van der Waals surface area contributed by atoms with E-state index in [0.717, 1.165) is 27.6 Å². The lowest BCUT2D eigenvalue weighted by Crippen LogP contribution is -2.09. The van der Waals surface area contributed by atoms with Crippen molar-refractivity contribution in [3.05, 3.63) is 61.8 Å². The number of thiophene rings is 1. The summed E-state index contributed by atoms with van der Waals surface area (Å²) in [7, 11) is 0. The van der Waals surface area contributed by atoms with Crippen molar-refractivity contribution < 1.29 is 9.72 Å². The van der Waals surface area contributed by atoms with E-state index in [1.807, 2.05) is 24.4 Å². The van der Waals surface area contributed by atoms with Gasteiger partial charge in [-0.2, -0.15) is 0 Å². The predicted octanol–water partition coefficient (Wildman–Crippen LogP) is 4.34. The molecule has 8 heteroatoms. The first-order chi connectivity index (χ1) is 11.0. The van der Waals surface area contributed by atoms with Crippen LogP contribution >= 0.6 is 22.7 Å². The number of hydrogen-bond donors (Lipinski definition) is 1. The molecule has 1 amide bonds. The van der Waals surface area contributed by atoms with Crippen LogP contribution in [0.4, 0.5) is 10.7 Å². The van der Waals surface area contributed by atoms with Gasteiger partial charge in [0.2, 0.25) is 0 Å². The monoisotopic (exact) mass is 345 g/mol. The molecular formula is C15H11N3O3S2. The highest BCUT2D eigenvalue weighted by Gasteiger charge is 2.15. The fourth-order valence-electron chi connectivity index (χ4n) is 1.96. The number of thiazole rings is 1. The standard InChI is InChI=1S/C15H11N3O3S2/c1-9-16-12(8-22-9)10-2-4-11(5-3-10)17-15(19)13-6-7-14(23-13)18(20)21/h2-8H,1H3,(H,17,19). The molecule has 0 radical (unpaired) electrons. The molecule has 0 fully saturated rings. The highest BCUT2D eigenvalue weighted by molar-refractivity contribution is 7.17. The van der Waals surface area contributed by atoms with E-state index in [4.69, 9.17) is 0 Å². The quantitative estimate of drug-likeness (QED) is 0.563. The Kier molecular flexibility index (Phi) is 4.18. The average molecular weight is 345 g/mol. The summed E-state index contributed by atoms with van der Waals surface area (Å²) in [4.78, 5) is 26.9. The fourth-order valence-corrected chi connectivity index (χ4v) is 3.30. The Morgan fingerprint density at radius 3 is 2.52 bits per heavy atom. The summed E-state index contributed by atoms with van der Waals surface area (Å²) in [6, 6.07) is 10.1. The third-order valence-corrected chi connectivity index (χ3v) is 4.86. The number of rotatable bonds is 4. The van der Waals surface area contributed by atoms with Crippen LogP contribution in [0.1, 0.15) is 14.7 Å². The third-order valence-electron chi connectivity index (χ3n) is 3.05. The number of amides is 1. The van der Waals surface area contributed by atoms with Crippen LogP contribution in [0.25, 0.3) is 11.3 Å². The SMILES string of the molecule is Cc1nc(-c2ccc(NC(=O)c3ccc([N+](=O)[O-])s3)cc2)cs1. The van der Waals surface area contributed by atoms with Crippen LogP contribution in [0, 0.1) is 17.0 Å². The summed E-state index contributed by atoms with van der Waals surface area (Å²) in [6.45, 7) is 1.95. The van der Waals surface area contributed by atoms with Crippen molar-refractivity contribution in [1.29, 1.82) is 0 Å². The molecular weight excluding hydrogens is 334 g/mol. The molecule has 116 valence electrons. The van der Waals surface area contributed by atoms with Crippen LogP contribution in [0.2, 0.25) is 0 Å². The van der Waals surface area contributed by atoms with Gasteiger partial charge in [0.05, 0.1) is 20.5 Å². The van der Waals surface area contributed by atoms with Crippen molar-refractivity contribution in [3.8, 4) is 11.3 Å². The second-order valence-electron chi connectivity index (χ2n) is 4.68. The number of carbonyl (C=O) groups is 1. The Bertz CT molecular complexity index is 868. The first-order valence-electron chi connectivity index (χ1n) is 6.61. The number of nitro groups is 1. The van der Waals surface area contributed by atoms with Gasteiger partial charge in [-0.25, -0.2) is 4.98 Å². The van der Waals surface area contributed by atoms with Gasteiger partial charge in [0.15, 0.2) is 0 Å². The Balaban J connectivity index is 1.72. The van der Waals surface area contributed by atoms with Crippen LogP contribution in [0.5, 0.6) is 0 Å². The number of aryl methyl sites for hydroxylation is 1. The minimum absolute atomic E-state index is 0.0515. The molecule has 0 atom stereocenters. The molecule has 0 saturated heterocycles. The highest BCUT2D eigenvalue weighted by atomic mass is 32.1. The van der Waals surface area contributed by atoms with E-state index in [-0.39, 0.29) is 10.9 Å². The molecule has 1 N–H and O–H groups in total. The summed E-state index contributed by atoms with van der Waals surface area (Å²) in [6.07, 6.45) is 0. The molecule has 0 aliphatic heterocycles. The number of nitrogens with zero attached hydrogens (tertiary/aromatic N) is 2. The average Bonchev–Trinajstić information content (AvgIpc) is 3.17. The maximum absolute atomic E-state index is 12.1. The zero-order chi connectivity index (χ0) is 16.4. The van der Waals surface area contributed by atoms with Crippen molar-refractivity contribution in [2.24, 2.45) is 0 Å². The Labute approximate surface area is 139 Å². The lowest BCUT2D eigenvalue weighted by Gasteiger charge is -2.04. The lowest BCUT2D eigenvalue weighted by molar-refractivity contribution is -0.380.